The third-order valence-corrected chi connectivity index (χ3v) is 18.2. The Morgan fingerprint density at radius 2 is 1.79 bits per heavy atom. The highest BCUT2D eigenvalue weighted by Crippen LogP contribution is 2.54. The third-order valence-electron chi connectivity index (χ3n) is 16.9. The van der Waals surface area contributed by atoms with Crippen molar-refractivity contribution in [3.05, 3.63) is 99.6 Å². The van der Waals surface area contributed by atoms with Crippen LogP contribution in [-0.4, -0.2) is 126 Å². The maximum atomic E-state index is 14.9. The summed E-state index contributed by atoms with van der Waals surface area (Å²) in [5, 5.41) is 25.7. The minimum Gasteiger partial charge on any atom is -0.478 e. The molecule has 4 N–H and O–H groups in total. The first-order valence-electron chi connectivity index (χ1n) is 26.5. The number of methoxy groups -OCH3 is 1. The van der Waals surface area contributed by atoms with E-state index < -0.39 is 42.9 Å². The zero-order valence-electron chi connectivity index (χ0n) is 43.5. The van der Waals surface area contributed by atoms with Crippen LogP contribution in [0.5, 0.6) is 17.4 Å². The van der Waals surface area contributed by atoms with E-state index in [1.54, 1.807) is 19.1 Å². The van der Waals surface area contributed by atoms with Gasteiger partial charge in [-0.2, -0.15) is 4.98 Å². The Kier molecular flexibility index (Phi) is 14.9. The first kappa shape index (κ1) is 52.5. The van der Waals surface area contributed by atoms with Crippen LogP contribution < -0.4 is 24.4 Å². The van der Waals surface area contributed by atoms with E-state index in [2.05, 4.69) is 84.7 Å². The molecule has 1 amide bonds. The second-order valence-corrected chi connectivity index (χ2v) is 24.0. The van der Waals surface area contributed by atoms with E-state index in [0.29, 0.717) is 56.3 Å². The molecule has 2 aliphatic carbocycles. The molecule has 20 heteroatoms. The second-order valence-electron chi connectivity index (χ2n) is 22.3. The number of aromatic nitrogens is 3. The van der Waals surface area contributed by atoms with Crippen molar-refractivity contribution in [1.29, 1.82) is 0 Å². The summed E-state index contributed by atoms with van der Waals surface area (Å²) in [6.45, 7) is 14.3. The van der Waals surface area contributed by atoms with Crippen molar-refractivity contribution in [2.45, 2.75) is 133 Å². The molecular formula is C55H70FN9O9S. The van der Waals surface area contributed by atoms with Gasteiger partial charge in [0.05, 0.1) is 40.9 Å². The molecule has 3 aliphatic heterocycles. The Labute approximate surface area is 437 Å². The molecule has 2 unspecified atom stereocenters. The highest BCUT2D eigenvalue weighted by molar-refractivity contribution is 7.90. The summed E-state index contributed by atoms with van der Waals surface area (Å²) in [6.07, 6.45) is 11.3. The summed E-state index contributed by atoms with van der Waals surface area (Å²) in [6, 6.07) is 17.5. The number of H-pyrrole nitrogens is 1. The van der Waals surface area contributed by atoms with Gasteiger partial charge in [0.2, 0.25) is 5.82 Å². The number of nitrogens with zero attached hydrogens (tertiary/aromatic N) is 6. The van der Waals surface area contributed by atoms with Gasteiger partial charge in [0.15, 0.2) is 5.75 Å². The predicted molar refractivity (Wildman–Crippen MR) is 283 cm³/mol. The van der Waals surface area contributed by atoms with Crippen molar-refractivity contribution in [3.8, 4) is 17.4 Å². The van der Waals surface area contributed by atoms with Crippen molar-refractivity contribution < 1.29 is 41.8 Å². The van der Waals surface area contributed by atoms with Crippen LogP contribution >= 0.6 is 0 Å². The first-order valence-corrected chi connectivity index (χ1v) is 28.0. The van der Waals surface area contributed by atoms with E-state index in [1.165, 1.54) is 30.4 Å². The molecule has 6 heterocycles. The van der Waals surface area contributed by atoms with Gasteiger partial charge < -0.3 is 34.5 Å². The Hall–Kier alpha value is -5.93. The quantitative estimate of drug-likeness (QED) is 0.0568. The lowest BCUT2D eigenvalue weighted by molar-refractivity contribution is -0.384. The number of hydrogen-bond acceptors (Lipinski definition) is 15. The van der Waals surface area contributed by atoms with Crippen molar-refractivity contribution in [3.63, 3.8) is 0 Å². The number of anilines is 2. The summed E-state index contributed by atoms with van der Waals surface area (Å²) >= 11 is 0. The molecule has 2 aromatic carbocycles. The van der Waals surface area contributed by atoms with E-state index >= 15 is 0 Å². The number of fused-ring (bicyclic) bond motifs is 1. The number of hydrogen-bond donors (Lipinski definition) is 4. The fourth-order valence-electron chi connectivity index (χ4n) is 12.5. The number of amides is 1. The fraction of sp³-hybridized carbons (Fsp3) is 0.545. The van der Waals surface area contributed by atoms with E-state index in [9.17, 15) is 32.8 Å². The number of piperidine rings is 1. The lowest BCUT2D eigenvalue weighted by atomic mass is 9.59. The number of piperazine rings is 1. The number of carbonyl (C=O) groups is 1. The molecule has 3 saturated heterocycles. The molecular weight excluding hydrogens is 982 g/mol. The number of carbonyl (C=O) groups excluding carboxylic acids is 1. The first-order chi connectivity index (χ1) is 35.9. The molecule has 0 bridgehead atoms. The van der Waals surface area contributed by atoms with Gasteiger partial charge in [0.1, 0.15) is 22.1 Å². The predicted octanol–water partition coefficient (Wildman–Crippen LogP) is 9.08. The van der Waals surface area contributed by atoms with Crippen LogP contribution in [0.1, 0.15) is 125 Å². The number of sulfonamides is 1. The molecule has 402 valence electrons. The van der Waals surface area contributed by atoms with Gasteiger partial charge in [-0.3, -0.25) is 24.7 Å². The van der Waals surface area contributed by atoms with Crippen LogP contribution in [0.25, 0.3) is 11.0 Å². The summed E-state index contributed by atoms with van der Waals surface area (Å²) < 4.78 is 62.6. The zero-order chi connectivity index (χ0) is 52.8. The highest BCUT2D eigenvalue weighted by atomic mass is 32.2. The Bertz CT molecular complexity index is 3020. The van der Waals surface area contributed by atoms with Crippen LogP contribution in [0.4, 0.5) is 21.6 Å². The monoisotopic (exact) mass is 1050 g/mol. The largest absolute Gasteiger partial charge is 0.478 e. The Balaban J connectivity index is 0.860. The van der Waals surface area contributed by atoms with Crippen molar-refractivity contribution in [2.75, 3.05) is 63.2 Å². The number of halogens is 1. The summed E-state index contributed by atoms with van der Waals surface area (Å²) in [5.41, 5.74) is 2.50. The maximum absolute atomic E-state index is 14.9. The van der Waals surface area contributed by atoms with E-state index in [0.717, 1.165) is 102 Å². The van der Waals surface area contributed by atoms with Gasteiger partial charge in [-0.15, -0.1) is 0 Å². The van der Waals surface area contributed by atoms with Crippen LogP contribution in [0, 0.1) is 27.3 Å². The summed E-state index contributed by atoms with van der Waals surface area (Å²) in [5.74, 6) is -1.30. The second kappa shape index (κ2) is 21.2. The minimum atomic E-state index is -4.74. The SMILES string of the molecule is COc1nc2[nH]cc(F)c2cc1Oc1cc(N2CCC3(CC2)CC(N2CCN(C4CCOC(C)C4)C[C@H]2c2ccccc2C(C)C)C3)ccc1C(=O)NS(=O)(=O)c1cnc(NCC2CCC(C)(O)CC2)c([N+](=O)[O-])c1. The normalized spacial score (nSPS) is 24.8. The molecule has 75 heavy (non-hydrogen) atoms. The standard InChI is InChI=1S/C55H70FN9O9S/c1-34(2)41-8-6-7-9-42(41)47-33-63(38-14-23-73-35(3)24-38)21-22-64(47)39-28-55(29-39)17-19-62(20-18-55)37-10-11-43(48(25-37)74-49-27-44-45(56)32-59-50(44)60-53(49)72-5)52(66)61-75(70,71)40-26-46(65(68)69)51(58-31-40)57-30-36-12-15-54(4,67)16-13-36/h6-11,25-27,31-32,34-36,38-39,47,67H,12-24,28-30,33H2,1-5H3,(H,57,58)(H,59,60)(H,61,66)/t35?,36?,38?,47-,54?/m0/s1. The van der Waals surface area contributed by atoms with Crippen LogP contribution in [0.3, 0.4) is 0 Å². The molecule has 10 rings (SSSR count). The van der Waals surface area contributed by atoms with E-state index in [1.807, 2.05) is 0 Å². The third kappa shape index (κ3) is 11.2. The number of nitrogens with one attached hydrogen (secondary N) is 3. The van der Waals surface area contributed by atoms with Crippen molar-refractivity contribution in [2.24, 2.45) is 11.3 Å². The topological polar surface area (TPSA) is 218 Å². The van der Waals surface area contributed by atoms with Crippen LogP contribution in [-0.2, 0) is 14.8 Å². The smallest absolute Gasteiger partial charge is 0.312 e. The molecule has 5 aromatic rings. The zero-order valence-corrected chi connectivity index (χ0v) is 44.3. The molecule has 5 fully saturated rings. The number of aliphatic hydroxyl groups is 1. The van der Waals surface area contributed by atoms with Gasteiger partial charge >= 0.3 is 5.69 Å². The van der Waals surface area contributed by atoms with Gasteiger partial charge in [-0.1, -0.05) is 38.1 Å². The van der Waals surface area contributed by atoms with Gasteiger partial charge in [0.25, 0.3) is 21.8 Å². The fourth-order valence-corrected chi connectivity index (χ4v) is 13.4. The molecule has 1 spiro atoms. The highest BCUT2D eigenvalue weighted by Gasteiger charge is 2.50. The number of pyridine rings is 2. The van der Waals surface area contributed by atoms with Crippen molar-refractivity contribution >= 4 is 44.2 Å². The Morgan fingerprint density at radius 1 is 1.03 bits per heavy atom. The van der Waals surface area contributed by atoms with Gasteiger partial charge in [-0.05, 0) is 119 Å². The minimum absolute atomic E-state index is 0.00911. The number of aromatic amines is 1. The summed E-state index contributed by atoms with van der Waals surface area (Å²) in [7, 11) is -3.36. The lowest BCUT2D eigenvalue weighted by Gasteiger charge is -2.59. The van der Waals surface area contributed by atoms with Gasteiger partial charge in [-0.25, -0.2) is 22.5 Å². The van der Waals surface area contributed by atoms with Gasteiger partial charge in [0, 0.05) is 94.1 Å². The number of rotatable bonds is 15. The molecule has 3 aromatic heterocycles. The van der Waals surface area contributed by atoms with Crippen molar-refractivity contribution in [1.82, 2.24) is 29.5 Å². The maximum Gasteiger partial charge on any atom is 0.312 e. The van der Waals surface area contributed by atoms with Crippen LogP contribution in [0.2, 0.25) is 0 Å². The Morgan fingerprint density at radius 3 is 2.51 bits per heavy atom. The van der Waals surface area contributed by atoms with Crippen LogP contribution in [0.15, 0.2) is 71.9 Å². The summed E-state index contributed by atoms with van der Waals surface area (Å²) in [4.78, 5) is 44.1. The molecule has 18 nitrogen and oxygen atoms in total. The number of ether oxygens (including phenoxy) is 3. The average Bonchev–Trinajstić information content (AvgIpc) is 3.76. The number of benzene rings is 2. The molecule has 0 radical (unpaired) electrons. The van der Waals surface area contributed by atoms with E-state index in [-0.39, 0.29) is 57.2 Å². The average molecular weight is 1050 g/mol. The van der Waals surface area contributed by atoms with E-state index in [4.69, 9.17) is 14.2 Å². The molecule has 5 aliphatic rings. The number of nitro groups is 1. The molecule has 2 saturated carbocycles. The molecule has 3 atom stereocenters. The lowest BCUT2D eigenvalue weighted by Crippen LogP contribution is -2.61.